The lowest BCUT2D eigenvalue weighted by Crippen LogP contribution is -2.41. The molecule has 7 heteroatoms. The molecule has 3 rings (SSSR count). The Labute approximate surface area is 128 Å². The van der Waals surface area contributed by atoms with Crippen LogP contribution in [-0.4, -0.2) is 60.0 Å². The first-order valence-corrected chi connectivity index (χ1v) is 7.46. The van der Waals surface area contributed by atoms with Crippen molar-refractivity contribution in [3.05, 3.63) is 42.1 Å². The Morgan fingerprint density at radius 1 is 1.32 bits per heavy atom. The van der Waals surface area contributed by atoms with Gasteiger partial charge < -0.3 is 14.5 Å². The third kappa shape index (κ3) is 3.96. The molecule has 0 unspecified atom stereocenters. The molecule has 0 bridgehead atoms. The average Bonchev–Trinajstić information content (AvgIpc) is 3.21. The van der Waals surface area contributed by atoms with E-state index in [4.69, 9.17) is 9.15 Å². The second-order valence-corrected chi connectivity index (χ2v) is 5.18. The Kier molecular flexibility index (Phi) is 4.87. The normalized spacial score (nSPS) is 15.8. The zero-order chi connectivity index (χ0) is 15.2. The second-order valence-electron chi connectivity index (χ2n) is 5.18. The maximum Gasteiger partial charge on any atom is 0.287 e. The monoisotopic (exact) mass is 304 g/mol. The maximum absolute atomic E-state index is 12.0. The highest BCUT2D eigenvalue weighted by molar-refractivity contribution is 5.91. The van der Waals surface area contributed by atoms with E-state index < -0.39 is 0 Å². The Balaban J connectivity index is 1.44. The zero-order valence-corrected chi connectivity index (χ0v) is 12.4. The Morgan fingerprint density at radius 3 is 2.95 bits per heavy atom. The Hall–Kier alpha value is -2.12. The summed E-state index contributed by atoms with van der Waals surface area (Å²) in [4.78, 5) is 14.3. The molecule has 1 saturated heterocycles. The SMILES string of the molecule is O=C(NCCN1CCOCC1)c1ccc(Cn2cccn2)o1. The minimum Gasteiger partial charge on any atom is -0.454 e. The number of aromatic nitrogens is 2. The van der Waals surface area contributed by atoms with Gasteiger partial charge in [-0.25, -0.2) is 0 Å². The molecular weight excluding hydrogens is 284 g/mol. The molecular formula is C15H20N4O3. The fourth-order valence-electron chi connectivity index (χ4n) is 2.38. The largest absolute Gasteiger partial charge is 0.454 e. The Bertz CT molecular complexity index is 588. The van der Waals surface area contributed by atoms with Gasteiger partial charge in [-0.05, 0) is 18.2 Å². The molecule has 0 aliphatic carbocycles. The highest BCUT2D eigenvalue weighted by Crippen LogP contribution is 2.09. The summed E-state index contributed by atoms with van der Waals surface area (Å²) in [6, 6.07) is 5.35. The van der Waals surface area contributed by atoms with Crippen molar-refractivity contribution in [2.45, 2.75) is 6.54 Å². The van der Waals surface area contributed by atoms with Gasteiger partial charge in [0.25, 0.3) is 5.91 Å². The van der Waals surface area contributed by atoms with E-state index >= 15 is 0 Å². The molecule has 22 heavy (non-hydrogen) atoms. The molecule has 0 radical (unpaired) electrons. The molecule has 7 nitrogen and oxygen atoms in total. The molecule has 1 fully saturated rings. The lowest BCUT2D eigenvalue weighted by Gasteiger charge is -2.26. The summed E-state index contributed by atoms with van der Waals surface area (Å²) in [7, 11) is 0. The molecule has 118 valence electrons. The molecule has 0 atom stereocenters. The van der Waals surface area contributed by atoms with Crippen LogP contribution in [0.25, 0.3) is 0 Å². The minimum atomic E-state index is -0.181. The average molecular weight is 304 g/mol. The van der Waals surface area contributed by atoms with Crippen LogP contribution in [0.1, 0.15) is 16.3 Å². The zero-order valence-electron chi connectivity index (χ0n) is 12.4. The summed E-state index contributed by atoms with van der Waals surface area (Å²) in [6.45, 7) is 5.33. The standard InChI is InChI=1S/C15H20N4O3/c20-15(16-5-7-18-8-10-21-11-9-18)14-3-2-13(22-14)12-19-6-1-4-17-19/h1-4,6H,5,7-12H2,(H,16,20). The van der Waals surface area contributed by atoms with E-state index in [9.17, 15) is 4.79 Å². The smallest absolute Gasteiger partial charge is 0.287 e. The highest BCUT2D eigenvalue weighted by Gasteiger charge is 2.13. The topological polar surface area (TPSA) is 72.5 Å². The third-order valence-corrected chi connectivity index (χ3v) is 3.58. The van der Waals surface area contributed by atoms with Crippen molar-refractivity contribution in [3.8, 4) is 0 Å². The van der Waals surface area contributed by atoms with E-state index in [0.717, 1.165) is 32.8 Å². The molecule has 2 aromatic heterocycles. The number of rotatable bonds is 6. The molecule has 1 N–H and O–H groups in total. The van der Waals surface area contributed by atoms with Crippen molar-refractivity contribution in [2.24, 2.45) is 0 Å². The van der Waals surface area contributed by atoms with Crippen LogP contribution in [0.3, 0.4) is 0 Å². The molecule has 0 saturated carbocycles. The maximum atomic E-state index is 12.0. The van der Waals surface area contributed by atoms with Crippen LogP contribution in [0.4, 0.5) is 0 Å². The molecule has 1 aliphatic heterocycles. The number of ether oxygens (including phenoxy) is 1. The summed E-state index contributed by atoms with van der Waals surface area (Å²) in [6.07, 6.45) is 3.56. The van der Waals surface area contributed by atoms with Gasteiger partial charge in [0.05, 0.1) is 19.8 Å². The first-order chi connectivity index (χ1) is 10.8. The lowest BCUT2D eigenvalue weighted by atomic mass is 10.4. The predicted molar refractivity (Wildman–Crippen MR) is 79.6 cm³/mol. The molecule has 0 spiro atoms. The summed E-state index contributed by atoms with van der Waals surface area (Å²) >= 11 is 0. The number of hydrogen-bond acceptors (Lipinski definition) is 5. The van der Waals surface area contributed by atoms with Gasteiger partial charge in [-0.2, -0.15) is 5.10 Å². The number of furan rings is 1. The van der Waals surface area contributed by atoms with E-state index in [1.54, 1.807) is 23.0 Å². The van der Waals surface area contributed by atoms with Gasteiger partial charge in [0.15, 0.2) is 5.76 Å². The van der Waals surface area contributed by atoms with E-state index in [0.29, 0.717) is 24.6 Å². The number of carbonyl (C=O) groups excluding carboxylic acids is 1. The van der Waals surface area contributed by atoms with Crippen molar-refractivity contribution in [1.82, 2.24) is 20.0 Å². The van der Waals surface area contributed by atoms with Gasteiger partial charge in [0.1, 0.15) is 5.76 Å². The van der Waals surface area contributed by atoms with Gasteiger partial charge in [-0.15, -0.1) is 0 Å². The number of nitrogens with one attached hydrogen (secondary N) is 1. The molecule has 1 amide bonds. The van der Waals surface area contributed by atoms with Crippen LogP contribution < -0.4 is 5.32 Å². The van der Waals surface area contributed by atoms with Crippen LogP contribution in [0.2, 0.25) is 0 Å². The van der Waals surface area contributed by atoms with E-state index in [1.807, 2.05) is 12.3 Å². The second kappa shape index (κ2) is 7.24. The van der Waals surface area contributed by atoms with Crippen molar-refractivity contribution >= 4 is 5.91 Å². The molecule has 3 heterocycles. The fourth-order valence-corrected chi connectivity index (χ4v) is 2.38. The van der Waals surface area contributed by atoms with E-state index in [1.165, 1.54) is 0 Å². The Morgan fingerprint density at radius 2 is 2.18 bits per heavy atom. The third-order valence-electron chi connectivity index (χ3n) is 3.58. The van der Waals surface area contributed by atoms with Gasteiger partial charge in [-0.3, -0.25) is 14.4 Å². The molecule has 0 aromatic carbocycles. The van der Waals surface area contributed by atoms with Gasteiger partial charge in [0, 0.05) is 38.6 Å². The number of nitrogens with zero attached hydrogens (tertiary/aromatic N) is 3. The first-order valence-electron chi connectivity index (χ1n) is 7.46. The number of morpholine rings is 1. The van der Waals surface area contributed by atoms with Crippen molar-refractivity contribution in [3.63, 3.8) is 0 Å². The van der Waals surface area contributed by atoms with Crippen molar-refractivity contribution in [2.75, 3.05) is 39.4 Å². The minimum absolute atomic E-state index is 0.181. The van der Waals surface area contributed by atoms with Crippen LogP contribution in [0.5, 0.6) is 0 Å². The fraction of sp³-hybridized carbons (Fsp3) is 0.467. The number of amides is 1. The van der Waals surface area contributed by atoms with Crippen LogP contribution in [-0.2, 0) is 11.3 Å². The van der Waals surface area contributed by atoms with E-state index in [2.05, 4.69) is 15.3 Å². The summed E-state index contributed by atoms with van der Waals surface area (Å²) in [5.74, 6) is 0.867. The van der Waals surface area contributed by atoms with Gasteiger partial charge >= 0.3 is 0 Å². The summed E-state index contributed by atoms with van der Waals surface area (Å²) in [5.41, 5.74) is 0. The van der Waals surface area contributed by atoms with Crippen molar-refractivity contribution in [1.29, 1.82) is 0 Å². The van der Waals surface area contributed by atoms with Gasteiger partial charge in [0.2, 0.25) is 0 Å². The summed E-state index contributed by atoms with van der Waals surface area (Å²) in [5, 5.41) is 6.99. The summed E-state index contributed by atoms with van der Waals surface area (Å²) < 4.78 is 12.6. The van der Waals surface area contributed by atoms with Crippen molar-refractivity contribution < 1.29 is 13.9 Å². The van der Waals surface area contributed by atoms with Gasteiger partial charge in [-0.1, -0.05) is 0 Å². The quantitative estimate of drug-likeness (QED) is 0.845. The predicted octanol–water partition coefficient (Wildman–Crippen LogP) is 0.586. The van der Waals surface area contributed by atoms with Crippen LogP contribution in [0.15, 0.2) is 35.0 Å². The number of hydrogen-bond donors (Lipinski definition) is 1. The van der Waals surface area contributed by atoms with Crippen LogP contribution in [0, 0.1) is 0 Å². The highest BCUT2D eigenvalue weighted by atomic mass is 16.5. The molecule has 1 aliphatic rings. The van der Waals surface area contributed by atoms with E-state index in [-0.39, 0.29) is 5.91 Å². The first kappa shape index (κ1) is 14.8. The number of carbonyl (C=O) groups is 1. The molecule has 2 aromatic rings. The van der Waals surface area contributed by atoms with Crippen LogP contribution >= 0.6 is 0 Å². The lowest BCUT2D eigenvalue weighted by molar-refractivity contribution is 0.0382.